The van der Waals surface area contributed by atoms with E-state index in [0.717, 1.165) is 34.8 Å². The highest BCUT2D eigenvalue weighted by Gasteiger charge is 2.59. The monoisotopic (exact) mass is 361 g/mol. The van der Waals surface area contributed by atoms with Gasteiger partial charge in [-0.25, -0.2) is 0 Å². The minimum absolute atomic E-state index is 0.0473. The Morgan fingerprint density at radius 1 is 1.36 bits per heavy atom. The summed E-state index contributed by atoms with van der Waals surface area (Å²) >= 11 is 3.64. The molecule has 3 atom stereocenters. The van der Waals surface area contributed by atoms with E-state index in [4.69, 9.17) is 5.73 Å². The lowest BCUT2D eigenvalue weighted by molar-refractivity contribution is 0.0311. The van der Waals surface area contributed by atoms with Gasteiger partial charge >= 0.3 is 0 Å². The number of fused-ring (bicyclic) bond motifs is 4. The zero-order valence-corrected chi connectivity index (χ0v) is 13.4. The molecule has 4 N–H and O–H groups in total. The van der Waals surface area contributed by atoms with E-state index in [1.54, 1.807) is 0 Å². The van der Waals surface area contributed by atoms with E-state index in [0.29, 0.717) is 5.69 Å². The molecule has 1 amide bonds. The fourth-order valence-corrected chi connectivity index (χ4v) is 5.06. The van der Waals surface area contributed by atoms with Crippen molar-refractivity contribution in [3.8, 4) is 0 Å². The first-order chi connectivity index (χ1) is 10.6. The van der Waals surface area contributed by atoms with Gasteiger partial charge in [-0.2, -0.15) is 0 Å². The summed E-state index contributed by atoms with van der Waals surface area (Å²) in [6, 6.07) is 8.09. The van der Waals surface area contributed by atoms with Gasteiger partial charge in [0.05, 0.1) is 9.99 Å². The van der Waals surface area contributed by atoms with Crippen LogP contribution < -0.4 is 16.4 Å². The maximum Gasteiger partial charge on any atom is 0.273 e. The van der Waals surface area contributed by atoms with Gasteiger partial charge in [-0.05, 0) is 34.8 Å². The summed E-state index contributed by atoms with van der Waals surface area (Å²) in [6.07, 6.45) is 1.54. The molecule has 5 rings (SSSR count). The Morgan fingerprint density at radius 3 is 3.05 bits per heavy atom. The van der Waals surface area contributed by atoms with Crippen LogP contribution in [-0.4, -0.2) is 33.9 Å². The van der Waals surface area contributed by atoms with E-state index in [1.807, 2.05) is 23.1 Å². The van der Waals surface area contributed by atoms with E-state index in [9.17, 15) is 4.79 Å². The van der Waals surface area contributed by atoms with Crippen LogP contribution in [0.25, 0.3) is 10.9 Å². The van der Waals surface area contributed by atoms with Crippen LogP contribution in [0.3, 0.4) is 0 Å². The van der Waals surface area contributed by atoms with Crippen LogP contribution in [0.5, 0.6) is 0 Å². The summed E-state index contributed by atoms with van der Waals surface area (Å²) in [4.78, 5) is 15.1. The van der Waals surface area contributed by atoms with Crippen LogP contribution in [-0.2, 0) is 0 Å². The highest BCUT2D eigenvalue weighted by atomic mass is 79.9. The number of halogens is 1. The average Bonchev–Trinajstić information content (AvgIpc) is 3.15. The number of benzene rings is 1. The molecule has 2 fully saturated rings. The molecule has 0 saturated carbocycles. The highest BCUT2D eigenvalue weighted by molar-refractivity contribution is 9.10. The summed E-state index contributed by atoms with van der Waals surface area (Å²) in [5.41, 5.74) is 7.47. The first kappa shape index (κ1) is 13.1. The predicted octanol–water partition coefficient (Wildman–Crippen LogP) is 1.28. The third-order valence-corrected chi connectivity index (χ3v) is 5.97. The molecule has 1 aromatic carbocycles. The normalized spacial score (nSPS) is 33.2. The Kier molecular flexibility index (Phi) is 2.44. The Balaban J connectivity index is 1.87. The van der Waals surface area contributed by atoms with Gasteiger partial charge in [-0.3, -0.25) is 15.4 Å². The van der Waals surface area contributed by atoms with Crippen LogP contribution in [0.1, 0.15) is 29.5 Å². The Morgan fingerprint density at radius 2 is 2.18 bits per heavy atom. The number of amides is 1. The van der Waals surface area contributed by atoms with Gasteiger partial charge in [-0.15, -0.1) is 0 Å². The topological polar surface area (TPSA) is 75.3 Å². The molecule has 6 nitrogen and oxygen atoms in total. The standard InChI is InChI=1S/C15H16BrN5O/c16-10-8-4-1-2-5-9(8)21-11(10)12(22)20-7-3-6-15(20)13(21)18-14(17)19-15/h1-2,4-5,13-14,18-19H,3,6-7,17H2/t13-,14?,15+/m0/s1. The van der Waals surface area contributed by atoms with E-state index >= 15 is 0 Å². The van der Waals surface area contributed by atoms with Crippen LogP contribution in [0.4, 0.5) is 0 Å². The summed E-state index contributed by atoms with van der Waals surface area (Å²) in [5, 5.41) is 7.89. The number of nitrogens with two attached hydrogens (primary N) is 1. The zero-order chi connectivity index (χ0) is 15.1. The average molecular weight is 362 g/mol. The summed E-state index contributed by atoms with van der Waals surface area (Å²) in [5.74, 6) is 0.0697. The van der Waals surface area contributed by atoms with Crippen molar-refractivity contribution in [2.24, 2.45) is 5.73 Å². The van der Waals surface area contributed by atoms with Crippen molar-refractivity contribution in [3.63, 3.8) is 0 Å². The molecule has 114 valence electrons. The lowest BCUT2D eigenvalue weighted by Crippen LogP contribution is -2.62. The Bertz CT molecular complexity index is 818. The molecule has 1 spiro atoms. The molecule has 0 radical (unpaired) electrons. The molecule has 3 aliphatic heterocycles. The molecule has 1 unspecified atom stereocenters. The minimum atomic E-state index is -0.412. The maximum atomic E-state index is 13.1. The van der Waals surface area contributed by atoms with Crippen molar-refractivity contribution < 1.29 is 4.79 Å². The summed E-state index contributed by atoms with van der Waals surface area (Å²) < 4.78 is 2.99. The van der Waals surface area contributed by atoms with Crippen molar-refractivity contribution in [1.29, 1.82) is 0 Å². The van der Waals surface area contributed by atoms with Crippen molar-refractivity contribution in [2.45, 2.75) is 31.0 Å². The van der Waals surface area contributed by atoms with Crippen LogP contribution in [0.15, 0.2) is 28.7 Å². The van der Waals surface area contributed by atoms with Gasteiger partial charge in [0.1, 0.15) is 23.8 Å². The number of carbonyl (C=O) groups excluding carboxylic acids is 1. The third-order valence-electron chi connectivity index (χ3n) is 5.17. The van der Waals surface area contributed by atoms with Gasteiger partial charge in [0.15, 0.2) is 0 Å². The number of aromatic nitrogens is 1. The van der Waals surface area contributed by atoms with E-state index in [1.165, 1.54) is 0 Å². The van der Waals surface area contributed by atoms with Crippen molar-refractivity contribution >= 4 is 32.7 Å². The Labute approximate surface area is 135 Å². The molecule has 7 heteroatoms. The van der Waals surface area contributed by atoms with E-state index < -0.39 is 5.66 Å². The molecular formula is C15H16BrN5O. The number of hydrogen-bond donors (Lipinski definition) is 3. The van der Waals surface area contributed by atoms with Crippen LogP contribution >= 0.6 is 15.9 Å². The molecule has 22 heavy (non-hydrogen) atoms. The first-order valence-corrected chi connectivity index (χ1v) is 8.32. The van der Waals surface area contributed by atoms with Gasteiger partial charge in [0, 0.05) is 11.9 Å². The van der Waals surface area contributed by atoms with E-state index in [2.05, 4.69) is 37.2 Å². The second-order valence-electron chi connectivity index (χ2n) is 6.23. The maximum absolute atomic E-state index is 13.1. The fourth-order valence-electron chi connectivity index (χ4n) is 4.36. The van der Waals surface area contributed by atoms with Gasteiger partial charge in [0.2, 0.25) is 0 Å². The third kappa shape index (κ3) is 1.34. The second kappa shape index (κ2) is 4.11. The van der Waals surface area contributed by atoms with Crippen molar-refractivity contribution in [3.05, 3.63) is 34.4 Å². The van der Waals surface area contributed by atoms with E-state index in [-0.39, 0.29) is 18.4 Å². The van der Waals surface area contributed by atoms with Gasteiger partial charge in [-0.1, -0.05) is 18.2 Å². The lowest BCUT2D eigenvalue weighted by atomic mass is 10.0. The summed E-state index contributed by atoms with van der Waals surface area (Å²) in [7, 11) is 0. The smallest absolute Gasteiger partial charge is 0.273 e. The number of rotatable bonds is 0. The molecule has 4 heterocycles. The summed E-state index contributed by atoms with van der Waals surface area (Å²) in [6.45, 7) is 0.769. The zero-order valence-electron chi connectivity index (χ0n) is 11.8. The highest BCUT2D eigenvalue weighted by Crippen LogP contribution is 2.47. The van der Waals surface area contributed by atoms with Gasteiger partial charge < -0.3 is 15.2 Å². The molecule has 3 aliphatic rings. The SMILES string of the molecule is NC1N[C@H]2n3c(c(Br)c4ccccc43)C(=O)N3CCC[C@]23N1. The fraction of sp³-hybridized carbons (Fsp3) is 0.400. The second-order valence-corrected chi connectivity index (χ2v) is 7.02. The van der Waals surface area contributed by atoms with Crippen LogP contribution in [0, 0.1) is 0 Å². The van der Waals surface area contributed by atoms with Crippen LogP contribution in [0.2, 0.25) is 0 Å². The number of carbonyl (C=O) groups is 1. The quantitative estimate of drug-likeness (QED) is 0.660. The predicted molar refractivity (Wildman–Crippen MR) is 85.9 cm³/mol. The minimum Gasteiger partial charge on any atom is -0.316 e. The molecule has 2 aromatic rings. The Hall–Kier alpha value is -1.41. The molecule has 0 aliphatic carbocycles. The molecular weight excluding hydrogens is 346 g/mol. The molecule has 0 bridgehead atoms. The number of hydrogen-bond acceptors (Lipinski definition) is 4. The van der Waals surface area contributed by atoms with Crippen molar-refractivity contribution in [2.75, 3.05) is 6.54 Å². The largest absolute Gasteiger partial charge is 0.316 e. The number of nitrogens with zero attached hydrogens (tertiary/aromatic N) is 2. The van der Waals surface area contributed by atoms with Crippen molar-refractivity contribution in [1.82, 2.24) is 20.1 Å². The lowest BCUT2D eigenvalue weighted by Gasteiger charge is -2.44. The molecule has 2 saturated heterocycles. The number of para-hydroxylation sites is 1. The molecule has 1 aromatic heterocycles. The first-order valence-electron chi connectivity index (χ1n) is 7.53. The number of nitrogens with one attached hydrogen (secondary N) is 2. The van der Waals surface area contributed by atoms with Gasteiger partial charge in [0.25, 0.3) is 5.91 Å².